The van der Waals surface area contributed by atoms with E-state index in [0.29, 0.717) is 19.4 Å². The van der Waals surface area contributed by atoms with Crippen molar-refractivity contribution in [1.82, 2.24) is 10.2 Å². The summed E-state index contributed by atoms with van der Waals surface area (Å²) in [6.45, 7) is -0.544. The van der Waals surface area contributed by atoms with Gasteiger partial charge in [-0.2, -0.15) is 8.78 Å². The number of anilines is 1. The molecule has 0 unspecified atom stereocenters. The van der Waals surface area contributed by atoms with Gasteiger partial charge in [-0.1, -0.05) is 18.5 Å². The average Bonchev–Trinajstić information content (AvgIpc) is 2.51. The lowest BCUT2D eigenvalue weighted by Gasteiger charge is -2.42. The first-order valence-electron chi connectivity index (χ1n) is 8.06. The first kappa shape index (κ1) is 20.2. The van der Waals surface area contributed by atoms with Crippen LogP contribution in [0.1, 0.15) is 19.8 Å². The Bertz CT molecular complexity index is 656. The summed E-state index contributed by atoms with van der Waals surface area (Å²) in [6.07, 6.45) is 1.30. The van der Waals surface area contributed by atoms with E-state index in [-0.39, 0.29) is 35.1 Å². The number of alkyl halides is 2. The van der Waals surface area contributed by atoms with Crippen LogP contribution in [0.5, 0.6) is 5.75 Å². The molecule has 0 aliphatic heterocycles. The standard InChI is InChI=1S/C16H20ClF2N3O4/c1-2-22(8-14(23)24)11-5-10(6-11)21-16(25)20-9-3-4-12(17)13(7-9)26-15(18)19/h3-4,7,10-11,15H,2,5-6,8H2,1H3,(H,23,24)(H2,20,21,25). The zero-order valence-corrected chi connectivity index (χ0v) is 14.8. The van der Waals surface area contributed by atoms with E-state index in [1.54, 1.807) is 0 Å². The molecule has 0 heterocycles. The number of likely N-dealkylation sites (N-methyl/N-ethyl adjacent to an activating group) is 1. The van der Waals surface area contributed by atoms with Gasteiger partial charge in [-0.15, -0.1) is 0 Å². The number of benzene rings is 1. The van der Waals surface area contributed by atoms with Crippen LogP contribution >= 0.6 is 11.6 Å². The Balaban J connectivity index is 1.82. The van der Waals surface area contributed by atoms with Crippen LogP contribution in [0.2, 0.25) is 5.02 Å². The van der Waals surface area contributed by atoms with Crippen LogP contribution < -0.4 is 15.4 Å². The van der Waals surface area contributed by atoms with E-state index in [1.165, 1.54) is 18.2 Å². The molecule has 1 aliphatic carbocycles. The second-order valence-electron chi connectivity index (χ2n) is 5.90. The van der Waals surface area contributed by atoms with Crippen LogP contribution in [-0.2, 0) is 4.79 Å². The van der Waals surface area contributed by atoms with Crippen LogP contribution in [0.3, 0.4) is 0 Å². The normalized spacial score (nSPS) is 19.2. The van der Waals surface area contributed by atoms with Gasteiger partial charge in [-0.25, -0.2) is 4.79 Å². The molecule has 0 atom stereocenters. The molecule has 0 aromatic heterocycles. The van der Waals surface area contributed by atoms with E-state index in [0.717, 1.165) is 0 Å². The van der Waals surface area contributed by atoms with E-state index in [9.17, 15) is 18.4 Å². The van der Waals surface area contributed by atoms with Crippen molar-refractivity contribution < 1.29 is 28.2 Å². The maximum Gasteiger partial charge on any atom is 0.387 e. The molecular formula is C16H20ClF2N3O4. The van der Waals surface area contributed by atoms with Crippen molar-refractivity contribution in [2.75, 3.05) is 18.4 Å². The Labute approximate surface area is 154 Å². The number of hydrogen-bond acceptors (Lipinski definition) is 4. The highest BCUT2D eigenvalue weighted by atomic mass is 35.5. The van der Waals surface area contributed by atoms with Gasteiger partial charge in [0.25, 0.3) is 0 Å². The van der Waals surface area contributed by atoms with E-state index >= 15 is 0 Å². The predicted molar refractivity (Wildman–Crippen MR) is 91.9 cm³/mol. The van der Waals surface area contributed by atoms with E-state index in [1.807, 2.05) is 11.8 Å². The summed E-state index contributed by atoms with van der Waals surface area (Å²) < 4.78 is 28.9. The van der Waals surface area contributed by atoms with Gasteiger partial charge in [0.15, 0.2) is 0 Å². The number of carbonyl (C=O) groups excluding carboxylic acids is 1. The third-order valence-corrected chi connectivity index (χ3v) is 4.43. The summed E-state index contributed by atoms with van der Waals surface area (Å²) in [5, 5.41) is 14.2. The van der Waals surface area contributed by atoms with Gasteiger partial charge in [-0.3, -0.25) is 9.69 Å². The molecule has 144 valence electrons. The third kappa shape index (κ3) is 5.70. The van der Waals surface area contributed by atoms with Crippen LogP contribution in [0.15, 0.2) is 18.2 Å². The fraction of sp³-hybridized carbons (Fsp3) is 0.500. The maximum absolute atomic E-state index is 12.3. The number of hydrogen-bond donors (Lipinski definition) is 3. The molecule has 1 aromatic rings. The fourth-order valence-corrected chi connectivity index (χ4v) is 2.96. The van der Waals surface area contributed by atoms with Crippen molar-refractivity contribution in [3.8, 4) is 5.75 Å². The second-order valence-corrected chi connectivity index (χ2v) is 6.31. The quantitative estimate of drug-likeness (QED) is 0.633. The van der Waals surface area contributed by atoms with Crippen LogP contribution in [-0.4, -0.2) is 53.8 Å². The van der Waals surface area contributed by atoms with Gasteiger partial charge < -0.3 is 20.5 Å². The zero-order valence-electron chi connectivity index (χ0n) is 14.0. The molecule has 1 fully saturated rings. The molecule has 0 bridgehead atoms. The highest BCUT2D eigenvalue weighted by Gasteiger charge is 2.34. The molecule has 2 rings (SSSR count). The number of nitrogens with zero attached hydrogens (tertiary/aromatic N) is 1. The summed E-state index contributed by atoms with van der Waals surface area (Å²) in [6, 6.07) is 3.58. The van der Waals surface area contributed by atoms with Crippen molar-refractivity contribution in [3.05, 3.63) is 23.2 Å². The van der Waals surface area contributed by atoms with Gasteiger partial charge in [0, 0.05) is 23.8 Å². The van der Waals surface area contributed by atoms with Crippen LogP contribution in [0.4, 0.5) is 19.3 Å². The minimum atomic E-state index is -3.02. The molecule has 26 heavy (non-hydrogen) atoms. The highest BCUT2D eigenvalue weighted by molar-refractivity contribution is 6.32. The number of ether oxygens (including phenoxy) is 1. The number of nitrogens with one attached hydrogen (secondary N) is 2. The lowest BCUT2D eigenvalue weighted by molar-refractivity contribution is -0.139. The summed E-state index contributed by atoms with van der Waals surface area (Å²) >= 11 is 5.76. The SMILES string of the molecule is CCN(CC(=O)O)C1CC(NC(=O)Nc2ccc(Cl)c(OC(F)F)c2)C1. The molecular weight excluding hydrogens is 372 g/mol. The van der Waals surface area contributed by atoms with Crippen molar-refractivity contribution >= 4 is 29.3 Å². The number of halogens is 3. The van der Waals surface area contributed by atoms with Crippen molar-refractivity contribution in [2.45, 2.75) is 38.5 Å². The van der Waals surface area contributed by atoms with Gasteiger partial charge in [0.05, 0.1) is 11.6 Å². The largest absolute Gasteiger partial charge is 0.480 e. The topological polar surface area (TPSA) is 90.9 Å². The Morgan fingerprint density at radius 2 is 2.12 bits per heavy atom. The minimum Gasteiger partial charge on any atom is -0.480 e. The average molecular weight is 392 g/mol. The first-order chi connectivity index (χ1) is 12.3. The lowest BCUT2D eigenvalue weighted by Crippen LogP contribution is -2.55. The van der Waals surface area contributed by atoms with Crippen LogP contribution in [0, 0.1) is 0 Å². The van der Waals surface area contributed by atoms with E-state index in [4.69, 9.17) is 16.7 Å². The molecule has 1 aliphatic rings. The Hall–Kier alpha value is -2.13. The maximum atomic E-state index is 12.3. The summed E-state index contributed by atoms with van der Waals surface area (Å²) in [5.41, 5.74) is 0.263. The third-order valence-electron chi connectivity index (χ3n) is 4.11. The molecule has 0 radical (unpaired) electrons. The number of amides is 2. The van der Waals surface area contributed by atoms with Gasteiger partial charge in [0.2, 0.25) is 0 Å². The molecule has 3 N–H and O–H groups in total. The molecule has 0 saturated heterocycles. The molecule has 0 spiro atoms. The van der Waals surface area contributed by atoms with E-state index in [2.05, 4.69) is 15.4 Å². The Morgan fingerprint density at radius 1 is 1.42 bits per heavy atom. The first-order valence-corrected chi connectivity index (χ1v) is 8.44. The van der Waals surface area contributed by atoms with Crippen molar-refractivity contribution in [3.63, 3.8) is 0 Å². The number of carboxylic acids is 1. The number of carboxylic acid groups (broad SMARTS) is 1. The van der Waals surface area contributed by atoms with Gasteiger partial charge in [-0.05, 0) is 31.5 Å². The molecule has 10 heteroatoms. The molecule has 2 amide bonds. The summed E-state index contributed by atoms with van der Waals surface area (Å²) in [4.78, 5) is 24.7. The van der Waals surface area contributed by atoms with Crippen LogP contribution in [0.25, 0.3) is 0 Å². The predicted octanol–water partition coefficient (Wildman–Crippen LogP) is 3.00. The van der Waals surface area contributed by atoms with Crippen molar-refractivity contribution in [2.24, 2.45) is 0 Å². The van der Waals surface area contributed by atoms with E-state index < -0.39 is 18.6 Å². The zero-order chi connectivity index (χ0) is 19.3. The van der Waals surface area contributed by atoms with Gasteiger partial charge in [0.1, 0.15) is 5.75 Å². The lowest BCUT2D eigenvalue weighted by atomic mass is 9.85. The summed E-state index contributed by atoms with van der Waals surface area (Å²) in [7, 11) is 0. The highest BCUT2D eigenvalue weighted by Crippen LogP contribution is 2.29. The molecule has 1 aromatic carbocycles. The summed E-state index contributed by atoms with van der Waals surface area (Å²) in [5.74, 6) is -1.11. The monoisotopic (exact) mass is 391 g/mol. The number of aliphatic carboxylic acids is 1. The fourth-order valence-electron chi connectivity index (χ4n) is 2.80. The van der Waals surface area contributed by atoms with Crippen molar-refractivity contribution in [1.29, 1.82) is 0 Å². The number of carbonyl (C=O) groups is 2. The molecule has 7 nitrogen and oxygen atoms in total. The smallest absolute Gasteiger partial charge is 0.387 e. The Morgan fingerprint density at radius 3 is 2.69 bits per heavy atom. The Kier molecular flexibility index (Phi) is 6.98. The second kappa shape index (κ2) is 9.00. The number of rotatable bonds is 8. The number of urea groups is 1. The minimum absolute atomic E-state index is 0.0104. The molecule has 1 saturated carbocycles. The van der Waals surface area contributed by atoms with Gasteiger partial charge >= 0.3 is 18.6 Å².